The van der Waals surface area contributed by atoms with E-state index >= 15 is 0 Å². The Morgan fingerprint density at radius 1 is 0.926 bits per heavy atom. The summed E-state index contributed by atoms with van der Waals surface area (Å²) in [5.74, 6) is -0.0210. The van der Waals surface area contributed by atoms with E-state index in [-0.39, 0.29) is 11.7 Å². The van der Waals surface area contributed by atoms with Gasteiger partial charge in [-0.3, -0.25) is 14.5 Å². The molecule has 0 bridgehead atoms. The molecule has 2 heterocycles. The van der Waals surface area contributed by atoms with Crippen molar-refractivity contribution in [2.75, 3.05) is 18.9 Å². The van der Waals surface area contributed by atoms with E-state index in [4.69, 9.17) is 0 Å². The molecule has 0 radical (unpaired) electrons. The Labute approximate surface area is 156 Å². The van der Waals surface area contributed by atoms with Crippen LogP contribution in [-0.4, -0.2) is 30.2 Å². The van der Waals surface area contributed by atoms with Gasteiger partial charge in [-0.1, -0.05) is 54.6 Å². The van der Waals surface area contributed by atoms with Crippen LogP contribution in [0, 0.1) is 0 Å². The molecule has 1 amide bonds. The maximum atomic E-state index is 14.0. The van der Waals surface area contributed by atoms with E-state index in [1.807, 2.05) is 67.7 Å². The van der Waals surface area contributed by atoms with Crippen LogP contribution in [0.25, 0.3) is 10.8 Å². The Morgan fingerprint density at radius 2 is 1.67 bits per heavy atom. The summed E-state index contributed by atoms with van der Waals surface area (Å²) in [6, 6.07) is 19.8. The van der Waals surface area contributed by atoms with Gasteiger partial charge in [-0.05, 0) is 35.9 Å². The van der Waals surface area contributed by atoms with Crippen LogP contribution >= 0.6 is 0 Å². The number of para-hydroxylation sites is 1. The van der Waals surface area contributed by atoms with E-state index in [0.29, 0.717) is 13.0 Å². The van der Waals surface area contributed by atoms with Crippen LogP contribution in [0.5, 0.6) is 0 Å². The number of nitrogens with one attached hydrogen (secondary N) is 1. The molecule has 1 N–H and O–H groups in total. The lowest BCUT2D eigenvalue weighted by Gasteiger charge is -2.42. The zero-order valence-corrected chi connectivity index (χ0v) is 15.0. The van der Waals surface area contributed by atoms with Crippen LogP contribution in [0.1, 0.15) is 27.9 Å². The Balaban J connectivity index is 1.78. The van der Waals surface area contributed by atoms with Crippen molar-refractivity contribution < 1.29 is 9.59 Å². The first-order valence-corrected chi connectivity index (χ1v) is 9.31. The Kier molecular flexibility index (Phi) is 2.60. The molecule has 1 unspecified atom stereocenters. The molecule has 0 aromatic heterocycles. The molecular weight excluding hydrogens is 336 g/mol. The van der Waals surface area contributed by atoms with Gasteiger partial charge in [0.2, 0.25) is 0 Å². The number of rotatable bonds is 0. The number of benzene rings is 3. The van der Waals surface area contributed by atoms with Crippen molar-refractivity contribution in [2.24, 2.45) is 0 Å². The molecule has 1 saturated heterocycles. The summed E-state index contributed by atoms with van der Waals surface area (Å²) in [4.78, 5) is 29.6. The average molecular weight is 354 g/mol. The Morgan fingerprint density at radius 3 is 2.52 bits per heavy atom. The van der Waals surface area contributed by atoms with Gasteiger partial charge in [0.15, 0.2) is 5.78 Å². The van der Waals surface area contributed by atoms with E-state index in [1.54, 1.807) is 0 Å². The summed E-state index contributed by atoms with van der Waals surface area (Å²) < 4.78 is 0. The number of anilines is 1. The third-order valence-electron chi connectivity index (χ3n) is 6.90. The summed E-state index contributed by atoms with van der Waals surface area (Å²) in [7, 11) is 1.97. The van der Waals surface area contributed by atoms with Gasteiger partial charge >= 0.3 is 0 Å². The predicted molar refractivity (Wildman–Crippen MR) is 104 cm³/mol. The maximum Gasteiger partial charge on any atom is 0.251 e. The van der Waals surface area contributed by atoms with Gasteiger partial charge in [0.25, 0.3) is 5.91 Å². The van der Waals surface area contributed by atoms with Crippen LogP contribution < -0.4 is 5.32 Å². The number of likely N-dealkylation sites (N-methyl/N-ethyl adjacent to an activating group) is 1. The van der Waals surface area contributed by atoms with Crippen LogP contribution in [0.15, 0.2) is 60.7 Å². The molecular formula is C23H18N2O2. The second-order valence-corrected chi connectivity index (χ2v) is 7.83. The van der Waals surface area contributed by atoms with Gasteiger partial charge in [-0.2, -0.15) is 0 Å². The Bertz CT molecular complexity index is 1180. The number of hydrogen-bond donors (Lipinski definition) is 1. The van der Waals surface area contributed by atoms with E-state index in [2.05, 4.69) is 10.2 Å². The second-order valence-electron chi connectivity index (χ2n) is 7.83. The van der Waals surface area contributed by atoms with E-state index in [0.717, 1.165) is 33.2 Å². The third-order valence-corrected chi connectivity index (χ3v) is 6.90. The molecule has 0 saturated carbocycles. The Hall–Kier alpha value is -2.98. The fourth-order valence-electron chi connectivity index (χ4n) is 5.90. The topological polar surface area (TPSA) is 49.4 Å². The molecule has 2 atom stereocenters. The summed E-state index contributed by atoms with van der Waals surface area (Å²) >= 11 is 0. The van der Waals surface area contributed by atoms with Gasteiger partial charge in [0.1, 0.15) is 5.54 Å². The SMILES string of the molecule is CN1CCC2(C(=O)c3cccc4cccc2c34)[C@@]12C(=O)Nc1ccccc12. The molecule has 3 aromatic carbocycles. The van der Waals surface area contributed by atoms with E-state index in [1.165, 1.54) is 0 Å². The highest BCUT2D eigenvalue weighted by Gasteiger charge is 2.72. The molecule has 4 nitrogen and oxygen atoms in total. The molecule has 132 valence electrons. The summed E-state index contributed by atoms with van der Waals surface area (Å²) in [6.07, 6.45) is 0.637. The lowest BCUT2D eigenvalue weighted by Crippen LogP contribution is -2.59. The van der Waals surface area contributed by atoms with Crippen LogP contribution in [-0.2, 0) is 15.7 Å². The van der Waals surface area contributed by atoms with E-state index < -0.39 is 11.0 Å². The summed E-state index contributed by atoms with van der Waals surface area (Å²) in [5.41, 5.74) is 1.57. The van der Waals surface area contributed by atoms with Crippen LogP contribution in [0.2, 0.25) is 0 Å². The number of amides is 1. The van der Waals surface area contributed by atoms with E-state index in [9.17, 15) is 9.59 Å². The zero-order valence-electron chi connectivity index (χ0n) is 15.0. The standard InChI is InChI=1S/C23H18N2O2/c1-25-13-12-22(23(25)16-9-2-3-11-18(16)24-21(23)27)17-10-5-7-14-6-4-8-15(19(14)17)20(22)26/h2-11H,12-13H2,1H3,(H,24,27)/t22?,23-/m1/s1. The van der Waals surface area contributed by atoms with Crippen molar-refractivity contribution in [3.8, 4) is 0 Å². The van der Waals surface area contributed by atoms with Crippen molar-refractivity contribution in [3.05, 3.63) is 77.4 Å². The molecule has 27 heavy (non-hydrogen) atoms. The molecule has 2 aliphatic heterocycles. The van der Waals surface area contributed by atoms with Gasteiger partial charge in [0, 0.05) is 23.4 Å². The first-order chi connectivity index (χ1) is 13.1. The molecule has 6 rings (SSSR count). The van der Waals surface area contributed by atoms with Crippen LogP contribution in [0.3, 0.4) is 0 Å². The molecule has 3 aliphatic rings. The number of carbonyl (C=O) groups excluding carboxylic acids is 2. The predicted octanol–water partition coefficient (Wildman–Crippen LogP) is 3.46. The first-order valence-electron chi connectivity index (χ1n) is 9.31. The van der Waals surface area contributed by atoms with Gasteiger partial charge < -0.3 is 5.32 Å². The molecule has 1 aliphatic carbocycles. The number of Topliss-reactive ketones (excluding diaryl/α,β-unsaturated/α-hetero) is 1. The van der Waals surface area contributed by atoms with Gasteiger partial charge in [-0.25, -0.2) is 0 Å². The monoisotopic (exact) mass is 354 g/mol. The van der Waals surface area contributed by atoms with Crippen molar-refractivity contribution >= 4 is 28.2 Å². The zero-order chi connectivity index (χ0) is 18.4. The minimum atomic E-state index is -1.01. The minimum absolute atomic E-state index is 0.0745. The largest absolute Gasteiger partial charge is 0.324 e. The number of hydrogen-bond acceptors (Lipinski definition) is 3. The maximum absolute atomic E-state index is 14.0. The highest BCUT2D eigenvalue weighted by Crippen LogP contribution is 2.62. The molecule has 3 aromatic rings. The lowest BCUT2D eigenvalue weighted by atomic mass is 9.62. The quantitative estimate of drug-likeness (QED) is 0.673. The molecule has 2 spiro atoms. The molecule has 1 fully saturated rings. The van der Waals surface area contributed by atoms with Crippen molar-refractivity contribution in [2.45, 2.75) is 17.4 Å². The second kappa shape index (κ2) is 4.65. The number of ketones is 1. The number of nitrogens with zero attached hydrogens (tertiary/aromatic N) is 1. The van der Waals surface area contributed by atoms with Crippen molar-refractivity contribution in [1.82, 2.24) is 4.90 Å². The summed E-state index contributed by atoms with van der Waals surface area (Å²) in [6.45, 7) is 0.692. The minimum Gasteiger partial charge on any atom is -0.324 e. The normalized spacial score (nSPS) is 28.5. The van der Waals surface area contributed by atoms with Crippen LogP contribution in [0.4, 0.5) is 5.69 Å². The first kappa shape index (κ1) is 15.1. The average Bonchev–Trinajstić information content (AvgIpc) is 3.26. The van der Waals surface area contributed by atoms with Crippen molar-refractivity contribution in [1.29, 1.82) is 0 Å². The molecule has 4 heteroatoms. The number of fused-ring (bicyclic) bond motifs is 4. The number of likely N-dealkylation sites (tertiary alicyclic amines) is 1. The highest BCUT2D eigenvalue weighted by atomic mass is 16.2. The van der Waals surface area contributed by atoms with Gasteiger partial charge in [-0.15, -0.1) is 0 Å². The fourth-order valence-corrected chi connectivity index (χ4v) is 5.90. The third kappa shape index (κ3) is 1.41. The van der Waals surface area contributed by atoms with Crippen molar-refractivity contribution in [3.63, 3.8) is 0 Å². The lowest BCUT2D eigenvalue weighted by molar-refractivity contribution is -0.127. The fraction of sp³-hybridized carbons (Fsp3) is 0.217. The number of carbonyl (C=O) groups is 2. The smallest absolute Gasteiger partial charge is 0.251 e. The summed E-state index contributed by atoms with van der Waals surface area (Å²) in [5, 5.41) is 5.13. The van der Waals surface area contributed by atoms with Gasteiger partial charge in [0.05, 0.1) is 5.41 Å². The highest BCUT2D eigenvalue weighted by molar-refractivity contribution is 6.25.